The number of benzene rings is 2. The van der Waals surface area contributed by atoms with Crippen molar-refractivity contribution in [2.45, 2.75) is 13.5 Å². The van der Waals surface area contributed by atoms with E-state index in [2.05, 4.69) is 5.32 Å². The van der Waals surface area contributed by atoms with Gasteiger partial charge in [0.15, 0.2) is 0 Å². The van der Waals surface area contributed by atoms with Gasteiger partial charge in [-0.25, -0.2) is 0 Å². The molecule has 0 unspecified atom stereocenters. The van der Waals surface area contributed by atoms with Crippen molar-refractivity contribution < 1.29 is 9.59 Å². The first-order valence-electron chi connectivity index (χ1n) is 7.29. The number of rotatable bonds is 5. The first kappa shape index (κ1) is 17.0. The molecule has 0 aliphatic carbocycles. The summed E-state index contributed by atoms with van der Waals surface area (Å²) < 4.78 is 0. The van der Waals surface area contributed by atoms with Crippen molar-refractivity contribution in [1.29, 1.82) is 0 Å². The Labute approximate surface area is 141 Å². The minimum Gasteiger partial charge on any atom is -0.350 e. The molecule has 0 aromatic heterocycles. The third-order valence-electron chi connectivity index (χ3n) is 3.57. The maximum Gasteiger partial charge on any atom is 0.239 e. The summed E-state index contributed by atoms with van der Waals surface area (Å²) in [5, 5.41) is 3.53. The van der Waals surface area contributed by atoms with Gasteiger partial charge in [-0.15, -0.1) is 0 Å². The number of nitrogens with one attached hydrogen (secondary N) is 1. The molecule has 0 aliphatic rings. The zero-order valence-electron chi connectivity index (χ0n) is 13.2. The standard InChI is InChI=1S/C18H19ClN2O2/c1-13(22)21(2)12-18(23)20-11-15-5-3-4-6-17(15)14-7-9-16(19)10-8-14/h3-10H,11-12H2,1-2H3,(H,20,23). The van der Waals surface area contributed by atoms with Gasteiger partial charge in [0.2, 0.25) is 11.8 Å². The van der Waals surface area contributed by atoms with Gasteiger partial charge in [0.25, 0.3) is 0 Å². The Bertz CT molecular complexity index is 698. The summed E-state index contributed by atoms with van der Waals surface area (Å²) in [5.41, 5.74) is 3.10. The quantitative estimate of drug-likeness (QED) is 0.915. The summed E-state index contributed by atoms with van der Waals surface area (Å²) >= 11 is 5.93. The molecule has 0 saturated heterocycles. The van der Waals surface area contributed by atoms with E-state index >= 15 is 0 Å². The average molecular weight is 331 g/mol. The van der Waals surface area contributed by atoms with Crippen LogP contribution >= 0.6 is 11.6 Å². The highest BCUT2D eigenvalue weighted by atomic mass is 35.5. The fraction of sp³-hybridized carbons (Fsp3) is 0.222. The van der Waals surface area contributed by atoms with Gasteiger partial charge < -0.3 is 10.2 Å². The van der Waals surface area contributed by atoms with Crippen molar-refractivity contribution in [2.24, 2.45) is 0 Å². The normalized spacial score (nSPS) is 10.2. The lowest BCUT2D eigenvalue weighted by atomic mass is 10.00. The van der Waals surface area contributed by atoms with E-state index in [4.69, 9.17) is 11.6 Å². The van der Waals surface area contributed by atoms with Gasteiger partial charge >= 0.3 is 0 Å². The summed E-state index contributed by atoms with van der Waals surface area (Å²) in [6.45, 7) is 1.89. The molecule has 2 amide bonds. The monoisotopic (exact) mass is 330 g/mol. The molecular formula is C18H19ClN2O2. The van der Waals surface area contributed by atoms with Crippen LogP contribution in [-0.4, -0.2) is 30.3 Å². The fourth-order valence-corrected chi connectivity index (χ4v) is 2.29. The second-order valence-corrected chi connectivity index (χ2v) is 5.75. The van der Waals surface area contributed by atoms with Crippen molar-refractivity contribution in [3.63, 3.8) is 0 Å². The highest BCUT2D eigenvalue weighted by Crippen LogP contribution is 2.25. The molecule has 0 radical (unpaired) electrons. The number of amides is 2. The topological polar surface area (TPSA) is 49.4 Å². The molecule has 2 aromatic carbocycles. The molecule has 5 heteroatoms. The van der Waals surface area contributed by atoms with Crippen molar-refractivity contribution >= 4 is 23.4 Å². The highest BCUT2D eigenvalue weighted by molar-refractivity contribution is 6.30. The summed E-state index contributed by atoms with van der Waals surface area (Å²) in [6, 6.07) is 15.5. The van der Waals surface area contributed by atoms with E-state index in [9.17, 15) is 9.59 Å². The van der Waals surface area contributed by atoms with E-state index in [0.717, 1.165) is 16.7 Å². The molecule has 2 aromatic rings. The third-order valence-corrected chi connectivity index (χ3v) is 3.82. The lowest BCUT2D eigenvalue weighted by Crippen LogP contribution is -2.37. The molecule has 1 N–H and O–H groups in total. The van der Waals surface area contributed by atoms with E-state index in [0.29, 0.717) is 11.6 Å². The SMILES string of the molecule is CC(=O)N(C)CC(=O)NCc1ccccc1-c1ccc(Cl)cc1. The molecule has 4 nitrogen and oxygen atoms in total. The molecule has 2 rings (SSSR count). The van der Waals surface area contributed by atoms with Crippen LogP contribution in [0, 0.1) is 0 Å². The smallest absolute Gasteiger partial charge is 0.239 e. The van der Waals surface area contributed by atoms with E-state index < -0.39 is 0 Å². The van der Waals surface area contributed by atoms with Crippen molar-refractivity contribution in [3.8, 4) is 11.1 Å². The van der Waals surface area contributed by atoms with Gasteiger partial charge in [0, 0.05) is 25.5 Å². The van der Waals surface area contributed by atoms with Crippen LogP contribution < -0.4 is 5.32 Å². The van der Waals surface area contributed by atoms with Crippen molar-refractivity contribution in [3.05, 3.63) is 59.1 Å². The number of carbonyl (C=O) groups excluding carboxylic acids is 2. The molecule has 0 bridgehead atoms. The Morgan fingerprint density at radius 1 is 1.09 bits per heavy atom. The summed E-state index contributed by atoms with van der Waals surface area (Å²) in [4.78, 5) is 24.4. The number of carbonyl (C=O) groups is 2. The van der Waals surface area contributed by atoms with E-state index in [1.54, 1.807) is 7.05 Å². The highest BCUT2D eigenvalue weighted by Gasteiger charge is 2.10. The zero-order valence-corrected chi connectivity index (χ0v) is 13.9. The zero-order chi connectivity index (χ0) is 16.8. The van der Waals surface area contributed by atoms with Crippen LogP contribution in [0.25, 0.3) is 11.1 Å². The van der Waals surface area contributed by atoms with Crippen LogP contribution in [0.2, 0.25) is 5.02 Å². The van der Waals surface area contributed by atoms with E-state index in [-0.39, 0.29) is 18.4 Å². The lowest BCUT2D eigenvalue weighted by Gasteiger charge is -2.15. The molecule has 23 heavy (non-hydrogen) atoms. The van der Waals surface area contributed by atoms with E-state index in [1.165, 1.54) is 11.8 Å². The molecule has 0 heterocycles. The van der Waals surface area contributed by atoms with Crippen LogP contribution in [0.3, 0.4) is 0 Å². The van der Waals surface area contributed by atoms with Crippen LogP contribution in [0.15, 0.2) is 48.5 Å². The fourth-order valence-electron chi connectivity index (χ4n) is 2.16. The number of hydrogen-bond donors (Lipinski definition) is 1. The minimum atomic E-state index is -0.186. The number of hydrogen-bond acceptors (Lipinski definition) is 2. The molecular weight excluding hydrogens is 312 g/mol. The third kappa shape index (κ3) is 4.83. The second kappa shape index (κ2) is 7.79. The van der Waals surface area contributed by atoms with Gasteiger partial charge in [-0.1, -0.05) is 48.0 Å². The molecule has 0 aliphatic heterocycles. The lowest BCUT2D eigenvalue weighted by molar-refractivity contribution is -0.133. The van der Waals surface area contributed by atoms with E-state index in [1.807, 2.05) is 48.5 Å². The van der Waals surface area contributed by atoms with Crippen LogP contribution in [-0.2, 0) is 16.1 Å². The molecule has 0 fully saturated rings. The summed E-state index contributed by atoms with van der Waals surface area (Å²) in [5.74, 6) is -0.324. The second-order valence-electron chi connectivity index (χ2n) is 5.32. The maximum atomic E-state index is 11.9. The minimum absolute atomic E-state index is 0.0540. The van der Waals surface area contributed by atoms with Gasteiger partial charge in [-0.05, 0) is 28.8 Å². The Hall–Kier alpha value is -2.33. The van der Waals surface area contributed by atoms with Crippen LogP contribution in [0.4, 0.5) is 0 Å². The van der Waals surface area contributed by atoms with Crippen LogP contribution in [0.1, 0.15) is 12.5 Å². The van der Waals surface area contributed by atoms with Gasteiger partial charge in [-0.2, -0.15) is 0 Å². The Morgan fingerprint density at radius 2 is 1.74 bits per heavy atom. The average Bonchev–Trinajstić information content (AvgIpc) is 2.54. The Morgan fingerprint density at radius 3 is 2.39 bits per heavy atom. The first-order chi connectivity index (χ1) is 11.0. The summed E-state index contributed by atoms with van der Waals surface area (Å²) in [7, 11) is 1.60. The number of nitrogens with zero attached hydrogens (tertiary/aromatic N) is 1. The summed E-state index contributed by atoms with van der Waals surface area (Å²) in [6.07, 6.45) is 0. The van der Waals surface area contributed by atoms with Crippen molar-refractivity contribution in [2.75, 3.05) is 13.6 Å². The molecule has 0 spiro atoms. The Balaban J connectivity index is 2.08. The molecule has 120 valence electrons. The van der Waals surface area contributed by atoms with Crippen LogP contribution in [0.5, 0.6) is 0 Å². The number of likely N-dealkylation sites (N-methyl/N-ethyl adjacent to an activating group) is 1. The predicted molar refractivity (Wildman–Crippen MR) is 92.0 cm³/mol. The van der Waals surface area contributed by atoms with Crippen molar-refractivity contribution in [1.82, 2.24) is 10.2 Å². The van der Waals surface area contributed by atoms with Gasteiger partial charge in [0.05, 0.1) is 6.54 Å². The Kier molecular flexibility index (Phi) is 5.77. The van der Waals surface area contributed by atoms with Gasteiger partial charge in [-0.3, -0.25) is 9.59 Å². The predicted octanol–water partition coefficient (Wildman–Crippen LogP) is 3.10. The first-order valence-corrected chi connectivity index (χ1v) is 7.67. The maximum absolute atomic E-state index is 11.9. The molecule has 0 saturated carbocycles. The largest absolute Gasteiger partial charge is 0.350 e. The number of halogens is 1. The van der Waals surface area contributed by atoms with Gasteiger partial charge in [0.1, 0.15) is 0 Å². The molecule has 0 atom stereocenters.